The number of methoxy groups -OCH3 is 1. The fourth-order valence-corrected chi connectivity index (χ4v) is 5.53. The molecule has 0 aliphatic carbocycles. The molecule has 2 atom stereocenters. The quantitative estimate of drug-likeness (QED) is 0.432. The molecule has 2 aromatic carbocycles. The predicted molar refractivity (Wildman–Crippen MR) is 153 cm³/mol. The Morgan fingerprint density at radius 3 is 2.50 bits per heavy atom. The van der Waals surface area contributed by atoms with Gasteiger partial charge in [0.15, 0.2) is 0 Å². The van der Waals surface area contributed by atoms with Crippen LogP contribution in [0.1, 0.15) is 42.4 Å². The van der Waals surface area contributed by atoms with Crippen LogP contribution in [-0.2, 0) is 22.6 Å². The van der Waals surface area contributed by atoms with E-state index in [1.165, 1.54) is 7.11 Å². The first-order chi connectivity index (χ1) is 19.1. The summed E-state index contributed by atoms with van der Waals surface area (Å²) < 4.78 is 5.74. The number of urea groups is 1. The van der Waals surface area contributed by atoms with Crippen molar-refractivity contribution in [1.82, 2.24) is 30.0 Å². The van der Waals surface area contributed by atoms with Crippen LogP contribution in [-0.4, -0.2) is 69.1 Å². The Bertz CT molecular complexity index is 1420. The smallest absolute Gasteiger partial charge is 0.407 e. The van der Waals surface area contributed by atoms with Crippen molar-refractivity contribution in [2.24, 2.45) is 5.92 Å². The third kappa shape index (κ3) is 5.56. The largest absolute Gasteiger partial charge is 0.453 e. The van der Waals surface area contributed by atoms with Crippen LogP contribution in [0.5, 0.6) is 0 Å². The second-order valence-electron chi connectivity index (χ2n) is 10.6. The summed E-state index contributed by atoms with van der Waals surface area (Å²) in [5.41, 5.74) is 5.18. The maximum atomic E-state index is 13.9. The average Bonchev–Trinajstić information content (AvgIpc) is 3.69. The van der Waals surface area contributed by atoms with Crippen LogP contribution in [0.15, 0.2) is 53.1 Å². The molecule has 2 aliphatic rings. The number of alkyl carbamates (subject to hydrolysis) is 1. The summed E-state index contributed by atoms with van der Waals surface area (Å²) in [5, 5.41) is 2.67. The van der Waals surface area contributed by atoms with Crippen LogP contribution >= 0.6 is 15.9 Å². The highest BCUT2D eigenvalue weighted by molar-refractivity contribution is 9.10. The van der Waals surface area contributed by atoms with Gasteiger partial charge in [0.2, 0.25) is 5.91 Å². The standard InChI is InChI=1S/C29H33BrN6O4/c1-17(2)25(33-28(38)40-4)27(37)36-16-35(29(39)34-13-20-6-5-18(3)11-21(20)14-34)15-24(36)26-31-12-23(32-26)19-7-9-22(30)10-8-19/h5-12,17,24-25H,13-16H2,1-4H3,(H,31,32)(H,33,38). The molecule has 11 heteroatoms. The number of imidazole rings is 1. The highest BCUT2D eigenvalue weighted by atomic mass is 79.9. The molecule has 1 aromatic heterocycles. The number of aryl methyl sites for hydroxylation is 1. The molecule has 0 spiro atoms. The van der Waals surface area contributed by atoms with E-state index in [4.69, 9.17) is 4.74 Å². The third-order valence-electron chi connectivity index (χ3n) is 7.46. The topological polar surface area (TPSA) is 111 Å². The number of rotatable bonds is 5. The van der Waals surface area contributed by atoms with Gasteiger partial charge in [0.1, 0.15) is 17.9 Å². The van der Waals surface area contributed by atoms with E-state index in [0.29, 0.717) is 18.9 Å². The molecular weight excluding hydrogens is 576 g/mol. The summed E-state index contributed by atoms with van der Waals surface area (Å²) in [5.74, 6) is 0.0633. The summed E-state index contributed by atoms with van der Waals surface area (Å²) >= 11 is 3.46. The number of aromatic amines is 1. The number of benzene rings is 2. The zero-order valence-electron chi connectivity index (χ0n) is 23.0. The van der Waals surface area contributed by atoms with E-state index in [2.05, 4.69) is 49.4 Å². The molecular formula is C29H33BrN6O4. The number of carbonyl (C=O) groups excluding carboxylic acids is 3. The number of hydrogen-bond donors (Lipinski definition) is 2. The van der Waals surface area contributed by atoms with Crippen LogP contribution in [0, 0.1) is 12.8 Å². The van der Waals surface area contributed by atoms with Crippen molar-refractivity contribution in [3.05, 3.63) is 75.6 Å². The fourth-order valence-electron chi connectivity index (χ4n) is 5.26. The van der Waals surface area contributed by atoms with Crippen LogP contribution < -0.4 is 5.32 Å². The summed E-state index contributed by atoms with van der Waals surface area (Å²) in [6.07, 6.45) is 1.05. The van der Waals surface area contributed by atoms with Crippen LogP contribution in [0.3, 0.4) is 0 Å². The zero-order valence-corrected chi connectivity index (χ0v) is 24.6. The lowest BCUT2D eigenvalue weighted by molar-refractivity contribution is -0.135. The fraction of sp³-hybridized carbons (Fsp3) is 0.379. The van der Waals surface area contributed by atoms with Crippen LogP contribution in [0.2, 0.25) is 0 Å². The molecule has 2 unspecified atom stereocenters. The van der Waals surface area contributed by atoms with Gasteiger partial charge in [-0.1, -0.05) is 65.7 Å². The molecule has 10 nitrogen and oxygen atoms in total. The third-order valence-corrected chi connectivity index (χ3v) is 7.99. The number of ether oxygens (including phenoxy) is 1. The van der Waals surface area contributed by atoms with Crippen LogP contribution in [0.25, 0.3) is 11.3 Å². The van der Waals surface area contributed by atoms with Gasteiger partial charge in [-0.3, -0.25) is 4.79 Å². The molecule has 1 fully saturated rings. The average molecular weight is 610 g/mol. The van der Waals surface area contributed by atoms with Crippen molar-refractivity contribution < 1.29 is 19.1 Å². The van der Waals surface area contributed by atoms with E-state index in [0.717, 1.165) is 32.4 Å². The number of carbonyl (C=O) groups is 3. The molecule has 0 saturated carbocycles. The maximum absolute atomic E-state index is 13.9. The lowest BCUT2D eigenvalue weighted by Crippen LogP contribution is -2.52. The van der Waals surface area contributed by atoms with E-state index in [-0.39, 0.29) is 31.1 Å². The van der Waals surface area contributed by atoms with Gasteiger partial charge in [-0.05, 0) is 41.7 Å². The summed E-state index contributed by atoms with van der Waals surface area (Å²) in [6, 6.07) is 12.6. The molecule has 5 rings (SSSR count). The molecule has 0 bridgehead atoms. The summed E-state index contributed by atoms with van der Waals surface area (Å²) in [4.78, 5) is 52.8. The minimum absolute atomic E-state index is 0.0780. The summed E-state index contributed by atoms with van der Waals surface area (Å²) in [7, 11) is 1.26. The second kappa shape index (κ2) is 11.3. The SMILES string of the molecule is COC(=O)NC(C(=O)N1CN(C(=O)N2Cc3ccc(C)cc3C2)CC1c1ncc(-c2ccc(Br)cc2)[nH]1)C(C)C. The van der Waals surface area contributed by atoms with E-state index < -0.39 is 18.2 Å². The van der Waals surface area contributed by atoms with E-state index in [1.807, 2.05) is 45.0 Å². The van der Waals surface area contributed by atoms with E-state index >= 15 is 0 Å². The number of amides is 4. The highest BCUT2D eigenvalue weighted by Crippen LogP contribution is 2.32. The second-order valence-corrected chi connectivity index (χ2v) is 11.6. The number of nitrogens with zero attached hydrogens (tertiary/aromatic N) is 4. The Kier molecular flexibility index (Phi) is 7.84. The van der Waals surface area contributed by atoms with Gasteiger partial charge in [-0.15, -0.1) is 0 Å². The Labute approximate surface area is 241 Å². The molecule has 2 N–H and O–H groups in total. The summed E-state index contributed by atoms with van der Waals surface area (Å²) in [6.45, 7) is 7.15. The molecule has 3 aromatic rings. The first-order valence-corrected chi connectivity index (χ1v) is 14.0. The van der Waals surface area contributed by atoms with Gasteiger partial charge in [-0.25, -0.2) is 14.6 Å². The van der Waals surface area contributed by atoms with Gasteiger partial charge in [0.05, 0.1) is 32.2 Å². The first-order valence-electron chi connectivity index (χ1n) is 13.2. The Balaban J connectivity index is 1.42. The molecule has 40 heavy (non-hydrogen) atoms. The monoisotopic (exact) mass is 608 g/mol. The molecule has 2 aliphatic heterocycles. The van der Waals surface area contributed by atoms with Crippen molar-refractivity contribution in [3.8, 4) is 11.3 Å². The number of hydrogen-bond acceptors (Lipinski definition) is 5. The Morgan fingerprint density at radius 2 is 1.80 bits per heavy atom. The van der Waals surface area contributed by atoms with E-state index in [9.17, 15) is 14.4 Å². The molecule has 4 amide bonds. The van der Waals surface area contributed by atoms with Crippen molar-refractivity contribution in [3.63, 3.8) is 0 Å². The van der Waals surface area contributed by atoms with Crippen LogP contribution in [0.4, 0.5) is 9.59 Å². The predicted octanol–water partition coefficient (Wildman–Crippen LogP) is 4.81. The number of aromatic nitrogens is 2. The van der Waals surface area contributed by atoms with Crippen molar-refractivity contribution in [2.75, 3.05) is 20.3 Å². The number of H-pyrrole nitrogens is 1. The first kappa shape index (κ1) is 27.7. The van der Waals surface area contributed by atoms with Gasteiger partial charge < -0.3 is 29.7 Å². The minimum atomic E-state index is -0.829. The van der Waals surface area contributed by atoms with Gasteiger partial charge in [0.25, 0.3) is 0 Å². The van der Waals surface area contributed by atoms with Crippen molar-refractivity contribution in [2.45, 2.75) is 45.9 Å². The van der Waals surface area contributed by atoms with Gasteiger partial charge in [-0.2, -0.15) is 0 Å². The normalized spacial score (nSPS) is 17.2. The maximum Gasteiger partial charge on any atom is 0.407 e. The molecule has 0 radical (unpaired) electrons. The highest BCUT2D eigenvalue weighted by Gasteiger charge is 2.43. The zero-order chi connectivity index (χ0) is 28.6. The Morgan fingerprint density at radius 1 is 1.07 bits per heavy atom. The van der Waals surface area contributed by atoms with Crippen molar-refractivity contribution in [1.29, 1.82) is 0 Å². The van der Waals surface area contributed by atoms with Gasteiger partial charge in [0, 0.05) is 17.6 Å². The Hall–Kier alpha value is -3.86. The minimum Gasteiger partial charge on any atom is -0.453 e. The van der Waals surface area contributed by atoms with E-state index in [1.54, 1.807) is 20.9 Å². The number of fused-ring (bicyclic) bond motifs is 1. The number of halogens is 1. The molecule has 210 valence electrons. The van der Waals surface area contributed by atoms with Gasteiger partial charge >= 0.3 is 12.1 Å². The van der Waals surface area contributed by atoms with Crippen molar-refractivity contribution >= 4 is 34.0 Å². The number of nitrogens with one attached hydrogen (secondary N) is 2. The lowest BCUT2D eigenvalue weighted by Gasteiger charge is -2.29. The lowest BCUT2D eigenvalue weighted by atomic mass is 10.0. The molecule has 3 heterocycles. The molecule has 1 saturated heterocycles.